The lowest BCUT2D eigenvalue weighted by atomic mass is 9.82. The molecule has 0 spiro atoms. The fraction of sp³-hybridized carbons (Fsp3) is 0.474. The van der Waals surface area contributed by atoms with Crippen molar-refractivity contribution in [1.82, 2.24) is 21.3 Å². The third-order valence-electron chi connectivity index (χ3n) is 9.78. The van der Waals surface area contributed by atoms with Gasteiger partial charge in [0.15, 0.2) is 13.2 Å². The number of rotatable bonds is 14. The Bertz CT molecular complexity index is 1650. The molecule has 0 radical (unpaired) electrons. The molecule has 8 atom stereocenters. The highest BCUT2D eigenvalue weighted by molar-refractivity contribution is 5.95. The van der Waals surface area contributed by atoms with Crippen molar-refractivity contribution in [3.05, 3.63) is 70.8 Å². The zero-order valence-electron chi connectivity index (χ0n) is 31.5. The summed E-state index contributed by atoms with van der Waals surface area (Å²) in [7, 11) is 2.44. The summed E-state index contributed by atoms with van der Waals surface area (Å²) in [4.78, 5) is 77.9. The number of ether oxygens (including phenoxy) is 4. The largest absolute Gasteiger partial charge is 0.468 e. The molecule has 4 rings (SSSR count). The number of benzene rings is 2. The molecular weight excluding hydrogens is 771 g/mol. The molecule has 2 aromatic carbocycles. The summed E-state index contributed by atoms with van der Waals surface area (Å²) in [6.45, 7) is 3.53. The molecule has 56 heavy (non-hydrogen) atoms. The number of nitrogens with one attached hydrogen (secondary N) is 4. The van der Waals surface area contributed by atoms with Gasteiger partial charge in [-0.2, -0.15) is 0 Å². The molecule has 2 aliphatic rings. The molecule has 2 heterocycles. The average molecular weight is 822 g/mol. The third kappa shape index (κ3) is 11.9. The van der Waals surface area contributed by atoms with Crippen LogP contribution in [0.2, 0.25) is 0 Å². The first-order valence-corrected chi connectivity index (χ1v) is 17.5. The lowest BCUT2D eigenvalue weighted by Gasteiger charge is -2.25. The number of Topliss-reactive ketones (excluding diaryl/α,β-unsaturated/α-hetero) is 2. The Morgan fingerprint density at radius 1 is 0.696 bits per heavy atom. The first kappa shape index (κ1) is 47.4. The molecule has 306 valence electrons. The van der Waals surface area contributed by atoms with Crippen molar-refractivity contribution in [2.45, 2.75) is 62.9 Å². The van der Waals surface area contributed by atoms with Gasteiger partial charge in [-0.3, -0.25) is 19.2 Å². The maximum atomic E-state index is 13.7. The minimum absolute atomic E-state index is 0. The van der Waals surface area contributed by atoms with Gasteiger partial charge in [0.25, 0.3) is 0 Å². The van der Waals surface area contributed by atoms with Crippen molar-refractivity contribution in [1.29, 1.82) is 0 Å². The van der Waals surface area contributed by atoms with Crippen LogP contribution in [0.25, 0.3) is 0 Å². The Morgan fingerprint density at radius 2 is 1.07 bits per heavy atom. The van der Waals surface area contributed by atoms with E-state index in [2.05, 4.69) is 33.1 Å². The molecule has 8 unspecified atom stereocenters. The van der Waals surface area contributed by atoms with Gasteiger partial charge >= 0.3 is 24.1 Å². The highest BCUT2D eigenvalue weighted by Crippen LogP contribution is 2.29. The van der Waals surface area contributed by atoms with E-state index in [0.717, 1.165) is 22.3 Å². The van der Waals surface area contributed by atoms with Crippen molar-refractivity contribution in [2.24, 2.45) is 23.3 Å². The van der Waals surface area contributed by atoms with Crippen LogP contribution < -0.4 is 32.7 Å². The quantitative estimate of drug-likeness (QED) is 0.0893. The van der Waals surface area contributed by atoms with Crippen LogP contribution in [-0.2, 0) is 51.2 Å². The van der Waals surface area contributed by atoms with Gasteiger partial charge < -0.3 is 51.7 Å². The molecule has 2 aliphatic heterocycles. The summed E-state index contributed by atoms with van der Waals surface area (Å²) in [5.74, 6) is 0.205. The zero-order valence-corrected chi connectivity index (χ0v) is 33.2. The van der Waals surface area contributed by atoms with E-state index < -0.39 is 72.0 Å². The lowest BCUT2D eigenvalue weighted by molar-refractivity contribution is -0.146. The van der Waals surface area contributed by atoms with Gasteiger partial charge in [0.2, 0.25) is 0 Å². The molecule has 18 heteroatoms. The van der Waals surface area contributed by atoms with Crippen LogP contribution in [0.4, 0.5) is 9.59 Å². The summed E-state index contributed by atoms with van der Waals surface area (Å²) in [5, 5.41) is 11.2. The van der Waals surface area contributed by atoms with E-state index in [1.54, 1.807) is 38.1 Å². The van der Waals surface area contributed by atoms with Crippen LogP contribution in [0, 0.1) is 23.7 Å². The highest BCUT2D eigenvalue weighted by atomic mass is 35.5. The number of amides is 2. The second-order valence-electron chi connectivity index (χ2n) is 13.0. The first-order chi connectivity index (χ1) is 25.9. The number of ketones is 2. The molecule has 8 N–H and O–H groups in total. The molecule has 2 fully saturated rings. The summed E-state index contributed by atoms with van der Waals surface area (Å²) < 4.78 is 20.1. The second-order valence-corrected chi connectivity index (χ2v) is 13.0. The second kappa shape index (κ2) is 22.7. The number of nitrogens with two attached hydrogens (primary N) is 2. The molecule has 2 saturated heterocycles. The summed E-state index contributed by atoms with van der Waals surface area (Å²) >= 11 is 0. The van der Waals surface area contributed by atoms with Gasteiger partial charge in [0, 0.05) is 38.0 Å². The zero-order chi connectivity index (χ0) is 39.4. The molecule has 0 saturated carbocycles. The fourth-order valence-electron chi connectivity index (χ4n) is 6.78. The van der Waals surface area contributed by atoms with Crippen LogP contribution in [0.1, 0.15) is 47.9 Å². The Morgan fingerprint density at radius 3 is 1.41 bits per heavy atom. The Balaban J connectivity index is 0.00000541. The number of methoxy groups -OCH3 is 2. The summed E-state index contributed by atoms with van der Waals surface area (Å²) in [6, 6.07) is 11.0. The van der Waals surface area contributed by atoms with E-state index in [9.17, 15) is 28.8 Å². The maximum absolute atomic E-state index is 13.7. The number of carbonyl (C=O) groups is 6. The molecule has 2 aromatic rings. The van der Waals surface area contributed by atoms with Gasteiger partial charge in [0.1, 0.15) is 23.7 Å². The fourth-order valence-corrected chi connectivity index (χ4v) is 6.78. The van der Waals surface area contributed by atoms with Gasteiger partial charge in [-0.25, -0.2) is 9.59 Å². The van der Waals surface area contributed by atoms with Crippen LogP contribution in [-0.4, -0.2) is 100 Å². The van der Waals surface area contributed by atoms with Crippen molar-refractivity contribution in [3.8, 4) is 11.8 Å². The molecule has 0 aliphatic carbocycles. The standard InChI is InChI=1S/C38H48N6O10.2ClH/c1-21(25-11-7-9-23(15-25)17-39)33(45)29-27(19-41-31(29)35(47)51-3)43-37(49)53-13-5-6-14-54-38(50)44-28-20-42-32(36(48)52-4)30(28)34(46)22(2)26-12-8-10-24(16-26)18-40;;/h7-12,15-16,21-22,27-32,41-42H,13-14,17-20,39-40H2,1-4H3,(H,43,49)(H,44,50);2*1H. The van der Waals surface area contributed by atoms with E-state index in [1.165, 1.54) is 14.2 Å². The molecule has 2 amide bonds. The van der Waals surface area contributed by atoms with Crippen molar-refractivity contribution >= 4 is 60.5 Å². The van der Waals surface area contributed by atoms with Gasteiger partial charge in [-0.05, 0) is 22.3 Å². The number of alkyl carbamates (subject to hydrolysis) is 2. The maximum Gasteiger partial charge on any atom is 0.408 e. The van der Waals surface area contributed by atoms with Crippen LogP contribution >= 0.6 is 24.8 Å². The molecular formula is C38H50Cl2N6O10. The number of hydrogen-bond donors (Lipinski definition) is 6. The number of halogens is 2. The third-order valence-corrected chi connectivity index (χ3v) is 9.78. The Labute approximate surface area is 338 Å². The minimum Gasteiger partial charge on any atom is -0.468 e. The van der Waals surface area contributed by atoms with E-state index in [1.807, 2.05) is 24.3 Å². The predicted molar refractivity (Wildman–Crippen MR) is 209 cm³/mol. The molecule has 16 nitrogen and oxygen atoms in total. The highest BCUT2D eigenvalue weighted by Gasteiger charge is 2.48. The van der Waals surface area contributed by atoms with Gasteiger partial charge in [0.05, 0.1) is 38.1 Å². The molecule has 0 bridgehead atoms. The molecule has 0 aromatic heterocycles. The summed E-state index contributed by atoms with van der Waals surface area (Å²) in [6.07, 6.45) is -1.74. The first-order valence-electron chi connectivity index (χ1n) is 17.5. The SMILES string of the molecule is COC(=O)C1NCC(NC(=O)OCC#CCOC(=O)NC2CNC(C(=O)OC)C2C(=O)C(C)c2cccc(CN)c2)C1C(=O)C(C)c1cccc(CN)c1.Cl.Cl. The van der Waals surface area contributed by atoms with Crippen molar-refractivity contribution in [3.63, 3.8) is 0 Å². The van der Waals surface area contributed by atoms with Gasteiger partial charge in [-0.15, -0.1) is 24.8 Å². The number of carbonyl (C=O) groups excluding carboxylic acids is 6. The van der Waals surface area contributed by atoms with Crippen molar-refractivity contribution < 1.29 is 47.7 Å². The van der Waals surface area contributed by atoms with E-state index >= 15 is 0 Å². The van der Waals surface area contributed by atoms with Crippen molar-refractivity contribution in [2.75, 3.05) is 40.5 Å². The van der Waals surface area contributed by atoms with E-state index in [-0.39, 0.29) is 62.7 Å². The topological polar surface area (TPSA) is 240 Å². The van der Waals surface area contributed by atoms with E-state index in [4.69, 9.17) is 30.4 Å². The van der Waals surface area contributed by atoms with Crippen LogP contribution in [0.15, 0.2) is 48.5 Å². The van der Waals surface area contributed by atoms with Crippen LogP contribution in [0.3, 0.4) is 0 Å². The smallest absolute Gasteiger partial charge is 0.408 e. The lowest BCUT2D eigenvalue weighted by Crippen LogP contribution is -2.48. The van der Waals surface area contributed by atoms with E-state index in [0.29, 0.717) is 13.1 Å². The minimum atomic E-state index is -0.979. The van der Waals surface area contributed by atoms with Crippen LogP contribution in [0.5, 0.6) is 0 Å². The number of esters is 2. The number of hydrogen-bond acceptors (Lipinski definition) is 14. The Hall–Kier alpha value is -4.76. The van der Waals surface area contributed by atoms with Gasteiger partial charge in [-0.1, -0.05) is 74.2 Å². The summed E-state index contributed by atoms with van der Waals surface area (Å²) in [5.41, 5.74) is 14.7. The monoisotopic (exact) mass is 820 g/mol. The normalized spacial score (nSPS) is 22.0. The Kier molecular flexibility index (Phi) is 19.2. The average Bonchev–Trinajstić information content (AvgIpc) is 3.81. The predicted octanol–water partition coefficient (Wildman–Crippen LogP) is 1.21.